The van der Waals surface area contributed by atoms with Gasteiger partial charge < -0.3 is 41.3 Å². The van der Waals surface area contributed by atoms with Crippen LogP contribution in [-0.2, 0) is 61.1 Å². The van der Waals surface area contributed by atoms with E-state index in [9.17, 15) is 24.3 Å². The molecule has 2 unspecified atom stereocenters. The van der Waals surface area contributed by atoms with E-state index in [1.165, 1.54) is 35.2 Å². The zero-order chi connectivity index (χ0) is 58.4. The van der Waals surface area contributed by atoms with Crippen LogP contribution in [0.15, 0.2) is 60.3 Å². The number of amides is 1. The first-order valence-corrected chi connectivity index (χ1v) is 36.1. The van der Waals surface area contributed by atoms with Crippen molar-refractivity contribution in [3.63, 3.8) is 0 Å². The van der Waals surface area contributed by atoms with Crippen LogP contribution in [0.25, 0.3) is 22.2 Å². The second-order valence-corrected chi connectivity index (χ2v) is 38.9. The molecule has 7 heterocycles. The summed E-state index contributed by atoms with van der Waals surface area (Å²) in [6.07, 6.45) is -5.77. The molecule has 436 valence electrons. The molecule has 0 radical (unpaired) electrons. The van der Waals surface area contributed by atoms with Gasteiger partial charge in [-0.2, -0.15) is 5.26 Å². The predicted octanol–water partition coefficient (Wildman–Crippen LogP) is 9.58. The van der Waals surface area contributed by atoms with E-state index in [1.807, 2.05) is 67.6 Å². The second kappa shape index (κ2) is 24.1. The number of fused-ring (bicyclic) bond motifs is 3. The van der Waals surface area contributed by atoms with E-state index < -0.39 is 126 Å². The van der Waals surface area contributed by atoms with Crippen LogP contribution < -0.4 is 10.9 Å². The van der Waals surface area contributed by atoms with Gasteiger partial charge >= 0.3 is 33.2 Å². The fourth-order valence-corrected chi connectivity index (χ4v) is 24.6. The van der Waals surface area contributed by atoms with Crippen molar-refractivity contribution in [2.45, 2.75) is 172 Å². The number of nitrogens with one attached hydrogen (secondary N) is 1. The lowest BCUT2D eigenvalue weighted by atomic mass is 10.1. The van der Waals surface area contributed by atoms with Gasteiger partial charge in [0.15, 0.2) is 55.3 Å². The van der Waals surface area contributed by atoms with Crippen molar-refractivity contribution in [2.75, 3.05) is 25.1 Å². The summed E-state index contributed by atoms with van der Waals surface area (Å²) in [6.45, 7) is 25.0. The molecule has 30 heteroatoms. The molecule has 1 amide bonds. The van der Waals surface area contributed by atoms with E-state index in [4.69, 9.17) is 45.0 Å². The second-order valence-electron chi connectivity index (χ2n) is 23.0. The van der Waals surface area contributed by atoms with Gasteiger partial charge in [-0.05, 0) is 52.4 Å². The number of aryl methyl sites for hydroxylation is 1. The predicted molar refractivity (Wildman–Crippen MR) is 298 cm³/mol. The van der Waals surface area contributed by atoms with E-state index in [0.717, 1.165) is 10.8 Å². The number of anilines is 1. The summed E-state index contributed by atoms with van der Waals surface area (Å²) in [5.41, 5.74) is -0.575. The highest BCUT2D eigenvalue weighted by Crippen LogP contribution is 2.57. The minimum atomic E-state index is -5.07. The van der Waals surface area contributed by atoms with Crippen LogP contribution in [0, 0.1) is 17.1 Å². The van der Waals surface area contributed by atoms with Crippen LogP contribution in [-0.4, -0.2) is 126 Å². The number of ether oxygens (including phenoxy) is 2. The van der Waals surface area contributed by atoms with Gasteiger partial charge in [0, 0.05) is 23.4 Å². The molecule has 24 nitrogen and oxygen atoms in total. The number of carbonyl (C=O) groups is 1. The van der Waals surface area contributed by atoms with Gasteiger partial charge in [-0.1, -0.05) is 94.4 Å². The van der Waals surface area contributed by atoms with Crippen molar-refractivity contribution < 1.29 is 68.2 Å². The van der Waals surface area contributed by atoms with Gasteiger partial charge in [0.2, 0.25) is 0 Å². The number of rotatable bonds is 20. The molecular weight excluding hydrogens is 1130 g/mol. The van der Waals surface area contributed by atoms with E-state index in [0.29, 0.717) is 5.56 Å². The Bertz CT molecular complexity index is 3200. The SMILES string of the molecule is CC(C)[Si]1(C(C)C)OC[C@H]2O[C@@H](n3cc(F)c4c(=O)n(C)cnc43)[C@H](OP(=O)(OCCC#N)OC[C@H]3O[C@@H](n4cnc5c(NC(=O)c6ccccc6)ncnc54)[C@H](O[Si](C)(C)C(C)(C)C)[C@@H]3O[P+](=O)O)[C@@H]2O[Si](C(C)C)(C(C)C)O1. The van der Waals surface area contributed by atoms with Gasteiger partial charge in [0.1, 0.15) is 42.2 Å². The highest BCUT2D eigenvalue weighted by molar-refractivity contribution is 7.48. The van der Waals surface area contributed by atoms with E-state index in [-0.39, 0.29) is 63.2 Å². The lowest BCUT2D eigenvalue weighted by Crippen LogP contribution is -2.65. The normalized spacial score (nSPS) is 25.3. The van der Waals surface area contributed by atoms with E-state index >= 15 is 8.96 Å². The summed E-state index contributed by atoms with van der Waals surface area (Å²) in [5, 5.41) is 11.7. The fraction of sp³-hybridized carbons (Fsp3) is 0.620. The van der Waals surface area contributed by atoms with Crippen molar-refractivity contribution in [1.82, 2.24) is 33.6 Å². The standard InChI is InChI=1S/C50H72FN9O15P2Si3/c1-29(2)79(30(3)4)68-25-36-40(74-80(75-79,31(5)6)32(7)8)41(48(70-36)59-23-34(51)37-44(59)56-27-58(12)47(37)62)72-77(65,66-22-18-21-52)67-24-35-39(71-76(63)64)42(73-78(13,14)50(9,10)11)49(69-35)60-28-55-38-43(53-26-54-45(38)60)57-46(61)33-19-16-15-17-20-33/h15-17,19-20,23,26-32,35-36,39-42,48-49H,18,22,24-25H2,1-14H3,(H-,53,54,57,61,63,64)/p+1/t35-,36-,39-,40-,41-,42-,48-,49-,77?/m1/s1. The number of phosphoric ester groups is 1. The van der Waals surface area contributed by atoms with Crippen molar-refractivity contribution in [1.29, 1.82) is 5.26 Å². The first-order chi connectivity index (χ1) is 37.6. The summed E-state index contributed by atoms with van der Waals surface area (Å²) in [4.78, 5) is 55.1. The lowest BCUT2D eigenvalue weighted by molar-refractivity contribution is -0.0629. The quantitative estimate of drug-likeness (QED) is 0.0416. The molecule has 0 bridgehead atoms. The number of hydrogen-bond donors (Lipinski definition) is 2. The maximum Gasteiger partial charge on any atom is 0.695 e. The summed E-state index contributed by atoms with van der Waals surface area (Å²) in [6, 6.07) is 10.5. The van der Waals surface area contributed by atoms with Gasteiger partial charge in [-0.3, -0.25) is 27.7 Å². The maximum atomic E-state index is 16.2. The molecular formula is C50H73FN9O15P2Si3+. The van der Waals surface area contributed by atoms with Crippen LogP contribution in [0.3, 0.4) is 0 Å². The molecule has 8 rings (SSSR count). The number of nitrogens with zero attached hydrogens (tertiary/aromatic N) is 8. The summed E-state index contributed by atoms with van der Waals surface area (Å²) in [5.74, 6) is -1.28. The average molecular weight is 1210 g/mol. The Morgan fingerprint density at radius 3 is 2.23 bits per heavy atom. The Labute approximate surface area is 468 Å². The van der Waals surface area contributed by atoms with E-state index in [1.54, 1.807) is 30.3 Å². The van der Waals surface area contributed by atoms with E-state index in [2.05, 4.69) is 52.9 Å². The maximum absolute atomic E-state index is 16.2. The minimum absolute atomic E-state index is 0.0479. The highest BCUT2D eigenvalue weighted by atomic mass is 31.2. The Hall–Kier alpha value is -4.38. The summed E-state index contributed by atoms with van der Waals surface area (Å²) >= 11 is 0. The molecule has 1 aromatic carbocycles. The Morgan fingerprint density at radius 1 is 0.938 bits per heavy atom. The molecule has 80 heavy (non-hydrogen) atoms. The van der Waals surface area contributed by atoms with Gasteiger partial charge in [-0.25, -0.2) is 28.9 Å². The third-order valence-corrected chi connectivity index (χ3v) is 32.1. The number of halogens is 1. The molecule has 3 saturated heterocycles. The molecule has 10 atom stereocenters. The van der Waals surface area contributed by atoms with Crippen LogP contribution in [0.2, 0.25) is 40.3 Å². The van der Waals surface area contributed by atoms with Crippen LogP contribution >= 0.6 is 16.1 Å². The van der Waals surface area contributed by atoms with Crippen molar-refractivity contribution in [2.24, 2.45) is 7.05 Å². The first-order valence-electron chi connectivity index (χ1n) is 26.6. The first kappa shape index (κ1) is 61.7. The number of carbonyl (C=O) groups excluding carboxylic acids is 1. The molecule has 0 spiro atoms. The monoisotopic (exact) mass is 1200 g/mol. The molecule has 3 aliphatic heterocycles. The number of nitriles is 1. The largest absolute Gasteiger partial charge is 0.695 e. The Morgan fingerprint density at radius 2 is 1.60 bits per heavy atom. The molecule has 3 aliphatic rings. The average Bonchev–Trinajstić information content (AvgIpc) is 4.34. The number of aromatic nitrogens is 7. The number of hydrogen-bond acceptors (Lipinski definition) is 19. The summed E-state index contributed by atoms with van der Waals surface area (Å²) < 4.78 is 116. The van der Waals surface area contributed by atoms with Gasteiger partial charge in [-0.15, -0.1) is 9.42 Å². The number of imidazole rings is 1. The highest BCUT2D eigenvalue weighted by Gasteiger charge is 2.64. The smallest absolute Gasteiger partial charge is 0.414 e. The molecule has 5 aromatic rings. The van der Waals surface area contributed by atoms with Crippen molar-refractivity contribution >= 4 is 75.4 Å². The lowest BCUT2D eigenvalue weighted by Gasteiger charge is -2.51. The summed E-state index contributed by atoms with van der Waals surface area (Å²) in [7, 11) is -16.6. The molecule has 2 N–H and O–H groups in total. The zero-order valence-electron chi connectivity index (χ0n) is 47.5. The minimum Gasteiger partial charge on any atom is -0.414 e. The van der Waals surface area contributed by atoms with Crippen molar-refractivity contribution in [3.8, 4) is 6.07 Å². The van der Waals surface area contributed by atoms with Crippen LogP contribution in [0.1, 0.15) is 105 Å². The fourth-order valence-electron chi connectivity index (χ4n) is 10.3. The molecule has 3 fully saturated rings. The Kier molecular flexibility index (Phi) is 18.6. The molecule has 0 saturated carbocycles. The topological polar surface area (TPSA) is 283 Å². The number of phosphoric acid groups is 1. The zero-order valence-corrected chi connectivity index (χ0v) is 52.3. The Balaban J connectivity index is 1.21. The van der Waals surface area contributed by atoms with Crippen molar-refractivity contribution in [3.05, 3.63) is 77.2 Å². The number of benzene rings is 1. The van der Waals surface area contributed by atoms with Crippen LogP contribution in [0.5, 0.6) is 0 Å². The van der Waals surface area contributed by atoms with Crippen LogP contribution in [0.4, 0.5) is 10.2 Å². The third kappa shape index (κ3) is 12.0. The molecule has 0 aliphatic carbocycles. The third-order valence-electron chi connectivity index (χ3n) is 15.5. The van der Waals surface area contributed by atoms with Gasteiger partial charge in [0.05, 0.1) is 45.0 Å². The van der Waals surface area contributed by atoms with Gasteiger partial charge in [0.25, 0.3) is 11.5 Å². The molecule has 4 aromatic heterocycles.